The molecule has 0 unspecified atom stereocenters. The van der Waals surface area contributed by atoms with Gasteiger partial charge in [0, 0.05) is 19.9 Å². The van der Waals surface area contributed by atoms with Crippen molar-refractivity contribution in [3.63, 3.8) is 0 Å². The summed E-state index contributed by atoms with van der Waals surface area (Å²) in [6.45, 7) is 0. The average Bonchev–Trinajstić information content (AvgIpc) is 2.53. The van der Waals surface area contributed by atoms with Crippen LogP contribution in [0, 0.1) is 12.3 Å². The number of rotatable bonds is 4. The second kappa shape index (κ2) is 4.39. The number of hydrogen-bond donors (Lipinski definition) is 1. The summed E-state index contributed by atoms with van der Waals surface area (Å²) in [5.41, 5.74) is 0. The van der Waals surface area contributed by atoms with Crippen LogP contribution in [0.5, 0.6) is 0 Å². The van der Waals surface area contributed by atoms with Crippen molar-refractivity contribution in [3.05, 3.63) is 5.89 Å². The molecule has 0 saturated heterocycles. The maximum Gasteiger partial charge on any atom is 0.315 e. The van der Waals surface area contributed by atoms with Gasteiger partial charge in [-0.25, -0.2) is 0 Å². The number of aromatic nitrogens is 2. The summed E-state index contributed by atoms with van der Waals surface area (Å²) in [5.74, 6) is 3.19. The molecule has 0 aliphatic rings. The molecule has 0 aliphatic heterocycles. The molecule has 4 heteroatoms. The molecule has 0 aliphatic carbocycles. The number of anilines is 1. The molecule has 0 saturated carbocycles. The Bertz CT molecular complexity index is 274. The maximum atomic E-state index is 5.18. The Morgan fingerprint density at radius 2 is 2.42 bits per heavy atom. The van der Waals surface area contributed by atoms with E-state index in [4.69, 9.17) is 10.8 Å². The van der Waals surface area contributed by atoms with Gasteiger partial charge in [-0.05, 0) is 6.42 Å². The highest BCUT2D eigenvalue weighted by molar-refractivity contribution is 5.14. The molecule has 4 nitrogen and oxygen atoms in total. The van der Waals surface area contributed by atoms with Crippen molar-refractivity contribution in [3.8, 4) is 12.3 Å². The molecule has 0 atom stereocenters. The van der Waals surface area contributed by atoms with Crippen molar-refractivity contribution in [2.45, 2.75) is 19.3 Å². The van der Waals surface area contributed by atoms with Gasteiger partial charge >= 0.3 is 6.01 Å². The lowest BCUT2D eigenvalue weighted by atomic mass is 10.2. The number of hydrogen-bond acceptors (Lipinski definition) is 4. The van der Waals surface area contributed by atoms with Gasteiger partial charge in [-0.2, -0.15) is 0 Å². The highest BCUT2D eigenvalue weighted by Crippen LogP contribution is 2.06. The lowest BCUT2D eigenvalue weighted by Gasteiger charge is -1.89. The van der Waals surface area contributed by atoms with Crippen LogP contribution in [0.4, 0.5) is 6.01 Å². The predicted octanol–water partition coefficient (Wildman–Crippen LogP) is 1.07. The molecule has 1 heterocycles. The van der Waals surface area contributed by atoms with Crippen LogP contribution in [0.25, 0.3) is 0 Å². The van der Waals surface area contributed by atoms with Gasteiger partial charge in [0.25, 0.3) is 0 Å². The third-order valence-electron chi connectivity index (χ3n) is 1.39. The summed E-state index contributed by atoms with van der Waals surface area (Å²) >= 11 is 0. The zero-order valence-electron chi connectivity index (χ0n) is 7.00. The Kier molecular flexibility index (Phi) is 3.15. The second-order valence-corrected chi connectivity index (χ2v) is 2.31. The first kappa shape index (κ1) is 8.60. The topological polar surface area (TPSA) is 51.0 Å². The molecule has 0 radical (unpaired) electrons. The first-order valence-electron chi connectivity index (χ1n) is 3.80. The first-order chi connectivity index (χ1) is 5.86. The second-order valence-electron chi connectivity index (χ2n) is 2.31. The molecule has 0 aromatic carbocycles. The molecule has 1 N–H and O–H groups in total. The third-order valence-corrected chi connectivity index (χ3v) is 1.39. The van der Waals surface area contributed by atoms with Crippen LogP contribution in [0.3, 0.4) is 0 Å². The van der Waals surface area contributed by atoms with Gasteiger partial charge in [0.1, 0.15) is 0 Å². The summed E-state index contributed by atoms with van der Waals surface area (Å²) in [6, 6.07) is 0.450. The Labute approximate surface area is 71.4 Å². The lowest BCUT2D eigenvalue weighted by molar-refractivity contribution is 0.500. The number of nitrogens with zero attached hydrogens (tertiary/aromatic N) is 2. The van der Waals surface area contributed by atoms with Gasteiger partial charge in [0.15, 0.2) is 0 Å². The fourth-order valence-electron chi connectivity index (χ4n) is 0.797. The van der Waals surface area contributed by atoms with Gasteiger partial charge in [0.2, 0.25) is 5.89 Å². The number of terminal acetylenes is 1. The average molecular weight is 165 g/mol. The molecule has 1 aromatic rings. The fraction of sp³-hybridized carbons (Fsp3) is 0.500. The minimum atomic E-state index is 0.450. The number of aryl methyl sites for hydroxylation is 1. The van der Waals surface area contributed by atoms with E-state index in [2.05, 4.69) is 21.4 Å². The fourth-order valence-corrected chi connectivity index (χ4v) is 0.797. The Balaban J connectivity index is 2.37. The molecule has 0 amide bonds. The highest BCUT2D eigenvalue weighted by atomic mass is 16.4. The molecular formula is C8H11N3O. The van der Waals surface area contributed by atoms with Crippen LogP contribution in [0.1, 0.15) is 18.7 Å². The third kappa shape index (κ3) is 2.27. The zero-order valence-corrected chi connectivity index (χ0v) is 7.00. The minimum Gasteiger partial charge on any atom is -0.408 e. The molecular weight excluding hydrogens is 154 g/mol. The predicted molar refractivity (Wildman–Crippen MR) is 45.6 cm³/mol. The SMILES string of the molecule is C#CCCCc1nnc(NC)o1. The van der Waals surface area contributed by atoms with Crippen molar-refractivity contribution in [1.82, 2.24) is 10.2 Å². The van der Waals surface area contributed by atoms with E-state index in [-0.39, 0.29) is 0 Å². The van der Waals surface area contributed by atoms with Crippen LogP contribution in [0.15, 0.2) is 4.42 Å². The molecule has 12 heavy (non-hydrogen) atoms. The molecule has 1 aromatic heterocycles. The molecule has 0 spiro atoms. The molecule has 0 bridgehead atoms. The summed E-state index contributed by atoms with van der Waals surface area (Å²) in [7, 11) is 1.73. The summed E-state index contributed by atoms with van der Waals surface area (Å²) in [4.78, 5) is 0. The highest BCUT2D eigenvalue weighted by Gasteiger charge is 2.02. The van der Waals surface area contributed by atoms with Gasteiger partial charge < -0.3 is 9.73 Å². The van der Waals surface area contributed by atoms with Crippen LogP contribution >= 0.6 is 0 Å². The van der Waals surface area contributed by atoms with E-state index in [0.29, 0.717) is 11.9 Å². The van der Waals surface area contributed by atoms with E-state index in [9.17, 15) is 0 Å². The Morgan fingerprint density at radius 3 is 3.00 bits per heavy atom. The number of unbranched alkanes of at least 4 members (excludes halogenated alkanes) is 1. The van der Waals surface area contributed by atoms with E-state index in [1.54, 1.807) is 7.05 Å². The summed E-state index contributed by atoms with van der Waals surface area (Å²) in [6.07, 6.45) is 7.48. The van der Waals surface area contributed by atoms with E-state index in [1.807, 2.05) is 0 Å². The van der Waals surface area contributed by atoms with E-state index >= 15 is 0 Å². The molecule has 1 rings (SSSR count). The summed E-state index contributed by atoms with van der Waals surface area (Å²) in [5, 5.41) is 10.3. The van der Waals surface area contributed by atoms with Crippen LogP contribution in [-0.2, 0) is 6.42 Å². The van der Waals surface area contributed by atoms with Gasteiger partial charge in [-0.1, -0.05) is 5.10 Å². The van der Waals surface area contributed by atoms with Crippen LogP contribution < -0.4 is 5.32 Å². The zero-order chi connectivity index (χ0) is 8.81. The first-order valence-corrected chi connectivity index (χ1v) is 3.80. The van der Waals surface area contributed by atoms with E-state index < -0.39 is 0 Å². The van der Waals surface area contributed by atoms with Crippen LogP contribution in [-0.4, -0.2) is 17.2 Å². The van der Waals surface area contributed by atoms with Crippen molar-refractivity contribution < 1.29 is 4.42 Å². The maximum absolute atomic E-state index is 5.18. The van der Waals surface area contributed by atoms with Gasteiger partial charge in [-0.15, -0.1) is 17.4 Å². The van der Waals surface area contributed by atoms with Crippen molar-refractivity contribution >= 4 is 6.01 Å². The monoisotopic (exact) mass is 165 g/mol. The van der Waals surface area contributed by atoms with E-state index in [1.165, 1.54) is 0 Å². The Hall–Kier alpha value is -1.50. The quantitative estimate of drug-likeness (QED) is 0.535. The lowest BCUT2D eigenvalue weighted by Crippen LogP contribution is -1.85. The van der Waals surface area contributed by atoms with E-state index in [0.717, 1.165) is 19.3 Å². The van der Waals surface area contributed by atoms with Crippen molar-refractivity contribution in [2.75, 3.05) is 12.4 Å². The van der Waals surface area contributed by atoms with Crippen LogP contribution in [0.2, 0.25) is 0 Å². The Morgan fingerprint density at radius 1 is 1.58 bits per heavy atom. The van der Waals surface area contributed by atoms with Crippen molar-refractivity contribution in [1.29, 1.82) is 0 Å². The minimum absolute atomic E-state index is 0.450. The smallest absolute Gasteiger partial charge is 0.315 e. The number of nitrogens with one attached hydrogen (secondary N) is 1. The van der Waals surface area contributed by atoms with Gasteiger partial charge in [-0.3, -0.25) is 0 Å². The standard InChI is InChI=1S/C8H11N3O/c1-3-4-5-6-7-10-11-8(9-2)12-7/h1H,4-6H2,2H3,(H,9,11). The van der Waals surface area contributed by atoms with Gasteiger partial charge in [0.05, 0.1) is 0 Å². The molecule has 0 fully saturated rings. The summed E-state index contributed by atoms with van der Waals surface area (Å²) < 4.78 is 5.18. The normalized spacial score (nSPS) is 9.33. The van der Waals surface area contributed by atoms with Crippen molar-refractivity contribution in [2.24, 2.45) is 0 Å². The largest absolute Gasteiger partial charge is 0.408 e. The molecule has 64 valence electrons.